The van der Waals surface area contributed by atoms with Crippen LogP contribution >= 0.6 is 0 Å². The third-order valence-electron chi connectivity index (χ3n) is 3.48. The molecule has 0 saturated heterocycles. The molecule has 1 aromatic heterocycles. The molecule has 20 heavy (non-hydrogen) atoms. The Labute approximate surface area is 119 Å². The second kappa shape index (κ2) is 6.21. The lowest BCUT2D eigenvalue weighted by atomic mass is 9.92. The van der Waals surface area contributed by atoms with Gasteiger partial charge in [-0.2, -0.15) is 15.0 Å². The fourth-order valence-corrected chi connectivity index (χ4v) is 2.49. The molecule has 1 fully saturated rings. The number of hydrazine groups is 1. The zero-order valence-corrected chi connectivity index (χ0v) is 12.4. The number of nitrogens with two attached hydrogens (primary N) is 1. The number of hydrogen-bond donors (Lipinski definition) is 3. The largest absolute Gasteiger partial charge is 0.463 e. The van der Waals surface area contributed by atoms with Crippen molar-refractivity contribution in [1.82, 2.24) is 15.0 Å². The van der Waals surface area contributed by atoms with Crippen molar-refractivity contribution in [3.63, 3.8) is 0 Å². The Kier molecular flexibility index (Phi) is 4.59. The summed E-state index contributed by atoms with van der Waals surface area (Å²) in [6, 6.07) is 0.687. The fourth-order valence-electron chi connectivity index (χ4n) is 2.49. The highest BCUT2D eigenvalue weighted by molar-refractivity contribution is 5.36. The summed E-state index contributed by atoms with van der Waals surface area (Å²) in [5.41, 5.74) is 2.82. The van der Waals surface area contributed by atoms with Crippen LogP contribution in [-0.4, -0.2) is 27.6 Å². The van der Waals surface area contributed by atoms with Gasteiger partial charge in [-0.25, -0.2) is 5.84 Å². The van der Waals surface area contributed by atoms with Gasteiger partial charge in [-0.1, -0.05) is 20.8 Å². The molecule has 1 unspecified atom stereocenters. The van der Waals surface area contributed by atoms with Gasteiger partial charge in [-0.05, 0) is 31.1 Å². The quantitative estimate of drug-likeness (QED) is 0.541. The molecule has 0 aromatic carbocycles. The van der Waals surface area contributed by atoms with Crippen LogP contribution in [0, 0.1) is 5.41 Å². The Balaban J connectivity index is 2.06. The van der Waals surface area contributed by atoms with Crippen LogP contribution in [0.4, 0.5) is 11.9 Å². The molecule has 0 spiro atoms. The monoisotopic (exact) mass is 280 g/mol. The summed E-state index contributed by atoms with van der Waals surface area (Å²) in [4.78, 5) is 12.6. The number of rotatable bonds is 6. The van der Waals surface area contributed by atoms with E-state index in [9.17, 15) is 0 Å². The highest BCUT2D eigenvalue weighted by atomic mass is 16.5. The third-order valence-corrected chi connectivity index (χ3v) is 3.48. The molecule has 4 N–H and O–H groups in total. The van der Waals surface area contributed by atoms with Crippen LogP contribution in [0.15, 0.2) is 0 Å². The van der Waals surface area contributed by atoms with E-state index < -0.39 is 0 Å². The first kappa shape index (κ1) is 14.8. The van der Waals surface area contributed by atoms with E-state index in [2.05, 4.69) is 39.5 Å². The molecule has 112 valence electrons. The second-order valence-electron chi connectivity index (χ2n) is 6.01. The molecule has 1 aliphatic carbocycles. The lowest BCUT2D eigenvalue weighted by Gasteiger charge is -2.18. The molecule has 0 radical (unpaired) electrons. The Morgan fingerprint density at radius 3 is 2.65 bits per heavy atom. The molecule has 0 bridgehead atoms. The van der Waals surface area contributed by atoms with Gasteiger partial charge in [-0.15, -0.1) is 0 Å². The maximum absolute atomic E-state index is 5.45. The van der Waals surface area contributed by atoms with Gasteiger partial charge in [0.15, 0.2) is 0 Å². The zero-order chi connectivity index (χ0) is 14.6. The predicted molar refractivity (Wildman–Crippen MR) is 78.5 cm³/mol. The van der Waals surface area contributed by atoms with E-state index in [1.54, 1.807) is 0 Å². The van der Waals surface area contributed by atoms with Crippen LogP contribution in [0.25, 0.3) is 0 Å². The first-order valence-corrected chi connectivity index (χ1v) is 7.14. The van der Waals surface area contributed by atoms with E-state index in [0.29, 0.717) is 36.0 Å². The molecular formula is C13H24N6O. The van der Waals surface area contributed by atoms with Gasteiger partial charge < -0.3 is 10.1 Å². The number of nitrogen functional groups attached to an aromatic ring is 1. The number of hydrogen-bond acceptors (Lipinski definition) is 7. The molecule has 2 rings (SSSR count). The van der Waals surface area contributed by atoms with Gasteiger partial charge in [0.25, 0.3) is 0 Å². The van der Waals surface area contributed by atoms with E-state index >= 15 is 0 Å². The van der Waals surface area contributed by atoms with Crippen molar-refractivity contribution in [2.45, 2.75) is 52.5 Å². The molecular weight excluding hydrogens is 256 g/mol. The van der Waals surface area contributed by atoms with Crippen molar-refractivity contribution in [3.05, 3.63) is 0 Å². The Morgan fingerprint density at radius 2 is 2.05 bits per heavy atom. The summed E-state index contributed by atoms with van der Waals surface area (Å²) in [7, 11) is 0. The van der Waals surface area contributed by atoms with Gasteiger partial charge in [0, 0.05) is 6.04 Å². The highest BCUT2D eigenvalue weighted by Crippen LogP contribution is 2.38. The van der Waals surface area contributed by atoms with Gasteiger partial charge in [0.1, 0.15) is 0 Å². The van der Waals surface area contributed by atoms with Gasteiger partial charge >= 0.3 is 6.01 Å². The van der Waals surface area contributed by atoms with Gasteiger partial charge in [0.2, 0.25) is 11.9 Å². The molecule has 0 aliphatic heterocycles. The van der Waals surface area contributed by atoms with Crippen LogP contribution in [0.3, 0.4) is 0 Å². The lowest BCUT2D eigenvalue weighted by Crippen LogP contribution is -2.21. The summed E-state index contributed by atoms with van der Waals surface area (Å²) >= 11 is 0. The molecule has 1 atom stereocenters. The number of aromatic nitrogens is 3. The van der Waals surface area contributed by atoms with Crippen molar-refractivity contribution in [1.29, 1.82) is 0 Å². The van der Waals surface area contributed by atoms with E-state index in [-0.39, 0.29) is 0 Å². The van der Waals surface area contributed by atoms with Crippen LogP contribution in [0.1, 0.15) is 46.5 Å². The van der Waals surface area contributed by atoms with E-state index in [0.717, 1.165) is 19.3 Å². The zero-order valence-electron chi connectivity index (χ0n) is 12.4. The number of nitrogens with one attached hydrogen (secondary N) is 2. The molecule has 1 aromatic rings. The molecule has 7 heteroatoms. The number of anilines is 2. The lowest BCUT2D eigenvalue weighted by molar-refractivity contribution is 0.292. The minimum absolute atomic E-state index is 0.301. The van der Waals surface area contributed by atoms with E-state index in [4.69, 9.17) is 10.6 Å². The van der Waals surface area contributed by atoms with Crippen molar-refractivity contribution < 1.29 is 4.74 Å². The maximum Gasteiger partial charge on any atom is 0.323 e. The molecule has 1 heterocycles. The van der Waals surface area contributed by atoms with Crippen molar-refractivity contribution in [3.8, 4) is 6.01 Å². The summed E-state index contributed by atoms with van der Waals surface area (Å²) in [6.45, 7) is 7.17. The minimum atomic E-state index is 0.301. The standard InChI is InChI=1S/C13H24N6O/c1-4-7-20-12-17-10(16-11(18-12)19-14)15-9-5-6-13(2,3)8-9/h9H,4-8,14H2,1-3H3,(H2,15,16,17,18,19). The van der Waals surface area contributed by atoms with Gasteiger partial charge in [0.05, 0.1) is 6.61 Å². The molecule has 1 aliphatic rings. The molecule has 7 nitrogen and oxygen atoms in total. The van der Waals surface area contributed by atoms with Crippen molar-refractivity contribution in [2.75, 3.05) is 17.3 Å². The first-order valence-electron chi connectivity index (χ1n) is 7.14. The average Bonchev–Trinajstić information content (AvgIpc) is 2.75. The van der Waals surface area contributed by atoms with Crippen LogP contribution in [-0.2, 0) is 0 Å². The van der Waals surface area contributed by atoms with E-state index in [1.807, 2.05) is 6.92 Å². The first-order chi connectivity index (χ1) is 9.52. The van der Waals surface area contributed by atoms with E-state index in [1.165, 1.54) is 6.42 Å². The Bertz CT molecular complexity index is 450. The average molecular weight is 280 g/mol. The topological polar surface area (TPSA) is 98.0 Å². The number of nitrogens with zero attached hydrogens (tertiary/aromatic N) is 3. The van der Waals surface area contributed by atoms with Crippen molar-refractivity contribution in [2.24, 2.45) is 11.3 Å². The normalized spacial score (nSPS) is 20.7. The Morgan fingerprint density at radius 1 is 1.30 bits per heavy atom. The highest BCUT2D eigenvalue weighted by Gasteiger charge is 2.31. The summed E-state index contributed by atoms with van der Waals surface area (Å²) in [5.74, 6) is 6.21. The number of ether oxygens (including phenoxy) is 1. The SMILES string of the molecule is CCCOc1nc(NN)nc(NC2CCC(C)(C)C2)n1. The fraction of sp³-hybridized carbons (Fsp3) is 0.769. The van der Waals surface area contributed by atoms with Crippen LogP contribution < -0.4 is 21.3 Å². The summed E-state index contributed by atoms with van der Waals surface area (Å²) in [5, 5.41) is 3.35. The predicted octanol–water partition coefficient (Wildman–Crippen LogP) is 1.94. The van der Waals surface area contributed by atoms with Crippen LogP contribution in [0.5, 0.6) is 6.01 Å². The van der Waals surface area contributed by atoms with Gasteiger partial charge in [-0.3, -0.25) is 5.43 Å². The smallest absolute Gasteiger partial charge is 0.323 e. The third kappa shape index (κ3) is 3.93. The second-order valence-corrected chi connectivity index (χ2v) is 6.01. The summed E-state index contributed by atoms with van der Waals surface area (Å²) < 4.78 is 5.45. The minimum Gasteiger partial charge on any atom is -0.463 e. The molecule has 0 amide bonds. The summed E-state index contributed by atoms with van der Waals surface area (Å²) in [6.07, 6.45) is 4.33. The maximum atomic E-state index is 5.45. The molecule has 1 saturated carbocycles. The van der Waals surface area contributed by atoms with Crippen LogP contribution in [0.2, 0.25) is 0 Å². The van der Waals surface area contributed by atoms with Crippen molar-refractivity contribution >= 4 is 11.9 Å². The Hall–Kier alpha value is -1.63.